The number of rotatable bonds is 6. The van der Waals surface area contributed by atoms with Gasteiger partial charge in [0.1, 0.15) is 5.76 Å². The monoisotopic (exact) mass is 339 g/mol. The quantitative estimate of drug-likeness (QED) is 0.805. The van der Waals surface area contributed by atoms with E-state index < -0.39 is 10.8 Å². The molecule has 0 spiro atoms. The van der Waals surface area contributed by atoms with Gasteiger partial charge in [-0.05, 0) is 38.1 Å². The molecule has 0 fully saturated rings. The van der Waals surface area contributed by atoms with Crippen molar-refractivity contribution in [1.29, 1.82) is 0 Å². The first-order chi connectivity index (χ1) is 10.6. The van der Waals surface area contributed by atoms with Crippen LogP contribution in [0.15, 0.2) is 45.7 Å². The molecule has 118 valence electrons. The Kier molecular flexibility index (Phi) is 5.80. The Morgan fingerprint density at radius 2 is 1.86 bits per heavy atom. The van der Waals surface area contributed by atoms with Crippen LogP contribution in [0, 0.1) is 0 Å². The number of carbonyl (C=O) groups excluding carboxylic acids is 1. The Bertz CT molecular complexity index is 680. The molecule has 1 atom stereocenters. The van der Waals surface area contributed by atoms with Crippen molar-refractivity contribution in [1.82, 2.24) is 4.90 Å². The number of amides is 1. The molecule has 0 N–H and O–H groups in total. The molecule has 0 aliphatic rings. The van der Waals surface area contributed by atoms with Gasteiger partial charge < -0.3 is 9.32 Å². The highest BCUT2D eigenvalue weighted by Gasteiger charge is 2.18. The van der Waals surface area contributed by atoms with Crippen LogP contribution in [0.1, 0.15) is 30.2 Å². The van der Waals surface area contributed by atoms with E-state index in [0.717, 1.165) is 0 Å². The number of nitrogens with zero attached hydrogens (tertiary/aromatic N) is 1. The molecule has 22 heavy (non-hydrogen) atoms. The van der Waals surface area contributed by atoms with Crippen LogP contribution in [0.25, 0.3) is 0 Å². The predicted octanol–water partition coefficient (Wildman–Crippen LogP) is 3.72. The molecule has 0 aliphatic heterocycles. The number of hydrogen-bond acceptors (Lipinski definition) is 3. The average molecular weight is 340 g/mol. The maximum atomic E-state index is 12.3. The van der Waals surface area contributed by atoms with Gasteiger partial charge in [-0.15, -0.1) is 0 Å². The van der Waals surface area contributed by atoms with Crippen molar-refractivity contribution in [2.24, 2.45) is 0 Å². The van der Waals surface area contributed by atoms with E-state index in [1.807, 2.05) is 13.8 Å². The highest BCUT2D eigenvalue weighted by atomic mass is 35.5. The van der Waals surface area contributed by atoms with Crippen LogP contribution < -0.4 is 0 Å². The first-order valence-corrected chi connectivity index (χ1v) is 8.77. The minimum absolute atomic E-state index is 0.153. The van der Waals surface area contributed by atoms with E-state index in [0.29, 0.717) is 28.8 Å². The second-order valence-corrected chi connectivity index (χ2v) is 6.49. The standard InChI is InChI=1S/C16H18ClNO3S/c1-3-18(4-2)16(19)14-10-9-12(21-14)11-22(20)15-8-6-5-7-13(15)17/h5-10H,3-4,11H2,1-2H3/t22-/m1/s1. The van der Waals surface area contributed by atoms with Crippen LogP contribution in [-0.4, -0.2) is 28.1 Å². The number of benzene rings is 1. The molecule has 1 heterocycles. The van der Waals surface area contributed by atoms with Gasteiger partial charge in [-0.3, -0.25) is 9.00 Å². The van der Waals surface area contributed by atoms with Crippen molar-refractivity contribution in [2.45, 2.75) is 24.5 Å². The lowest BCUT2D eigenvalue weighted by molar-refractivity contribution is 0.0739. The summed E-state index contributed by atoms with van der Waals surface area (Å²) in [7, 11) is -1.31. The van der Waals surface area contributed by atoms with Crippen LogP contribution in [0.5, 0.6) is 0 Å². The van der Waals surface area contributed by atoms with E-state index in [1.165, 1.54) is 0 Å². The van der Waals surface area contributed by atoms with E-state index in [1.54, 1.807) is 41.3 Å². The van der Waals surface area contributed by atoms with Gasteiger partial charge in [0.25, 0.3) is 5.91 Å². The minimum Gasteiger partial charge on any atom is -0.455 e. The maximum absolute atomic E-state index is 12.3. The third kappa shape index (κ3) is 3.78. The first kappa shape index (κ1) is 16.8. The lowest BCUT2D eigenvalue weighted by Gasteiger charge is -2.16. The Balaban J connectivity index is 2.11. The fourth-order valence-electron chi connectivity index (χ4n) is 2.07. The summed E-state index contributed by atoms with van der Waals surface area (Å²) in [4.78, 5) is 14.4. The van der Waals surface area contributed by atoms with Gasteiger partial charge in [-0.1, -0.05) is 23.7 Å². The number of carbonyl (C=O) groups is 1. The van der Waals surface area contributed by atoms with E-state index >= 15 is 0 Å². The molecular weight excluding hydrogens is 322 g/mol. The first-order valence-electron chi connectivity index (χ1n) is 7.07. The average Bonchev–Trinajstić information content (AvgIpc) is 2.97. The van der Waals surface area contributed by atoms with Crippen LogP contribution in [0.4, 0.5) is 0 Å². The topological polar surface area (TPSA) is 50.5 Å². The molecule has 0 saturated carbocycles. The summed E-state index contributed by atoms with van der Waals surface area (Å²) in [6, 6.07) is 10.3. The third-order valence-electron chi connectivity index (χ3n) is 3.28. The normalized spacial score (nSPS) is 12.1. The summed E-state index contributed by atoms with van der Waals surface area (Å²) < 4.78 is 17.9. The molecule has 1 aromatic heterocycles. The maximum Gasteiger partial charge on any atom is 0.289 e. The molecule has 0 bridgehead atoms. The van der Waals surface area contributed by atoms with Crippen molar-refractivity contribution in [2.75, 3.05) is 13.1 Å². The Morgan fingerprint density at radius 1 is 1.18 bits per heavy atom. The molecule has 0 unspecified atom stereocenters. The molecule has 0 aliphatic carbocycles. The van der Waals surface area contributed by atoms with Crippen molar-refractivity contribution in [3.63, 3.8) is 0 Å². The predicted molar refractivity (Wildman–Crippen MR) is 87.5 cm³/mol. The van der Waals surface area contributed by atoms with Crippen LogP contribution in [0.3, 0.4) is 0 Å². The van der Waals surface area contributed by atoms with Gasteiger partial charge in [-0.2, -0.15) is 0 Å². The van der Waals surface area contributed by atoms with Crippen LogP contribution >= 0.6 is 11.6 Å². The van der Waals surface area contributed by atoms with Gasteiger partial charge >= 0.3 is 0 Å². The fraction of sp³-hybridized carbons (Fsp3) is 0.312. The smallest absolute Gasteiger partial charge is 0.289 e. The molecule has 1 amide bonds. The lowest BCUT2D eigenvalue weighted by Crippen LogP contribution is -2.30. The van der Waals surface area contributed by atoms with Gasteiger partial charge in [-0.25, -0.2) is 0 Å². The number of halogens is 1. The van der Waals surface area contributed by atoms with Crippen molar-refractivity contribution < 1.29 is 13.4 Å². The van der Waals surface area contributed by atoms with E-state index in [9.17, 15) is 9.00 Å². The van der Waals surface area contributed by atoms with Gasteiger partial charge in [0.05, 0.1) is 26.5 Å². The van der Waals surface area contributed by atoms with E-state index in [4.69, 9.17) is 16.0 Å². The van der Waals surface area contributed by atoms with E-state index in [-0.39, 0.29) is 17.4 Å². The highest BCUT2D eigenvalue weighted by molar-refractivity contribution is 7.84. The summed E-state index contributed by atoms with van der Waals surface area (Å²) in [6.07, 6.45) is 0. The Hall–Kier alpha value is -1.59. The largest absolute Gasteiger partial charge is 0.455 e. The summed E-state index contributed by atoms with van der Waals surface area (Å²) in [5, 5.41) is 0.465. The molecule has 2 aromatic rings. The second-order valence-electron chi connectivity index (χ2n) is 4.66. The Labute approximate surface area is 137 Å². The summed E-state index contributed by atoms with van der Waals surface area (Å²) in [6.45, 7) is 5.07. The van der Waals surface area contributed by atoms with Gasteiger partial charge in [0, 0.05) is 13.1 Å². The highest BCUT2D eigenvalue weighted by Crippen LogP contribution is 2.22. The van der Waals surface area contributed by atoms with Gasteiger partial charge in [0.15, 0.2) is 5.76 Å². The van der Waals surface area contributed by atoms with Crippen molar-refractivity contribution >= 4 is 28.3 Å². The summed E-state index contributed by atoms with van der Waals surface area (Å²) in [5.74, 6) is 0.818. The van der Waals surface area contributed by atoms with Crippen LogP contribution in [-0.2, 0) is 16.6 Å². The summed E-state index contributed by atoms with van der Waals surface area (Å²) >= 11 is 6.04. The zero-order chi connectivity index (χ0) is 16.1. The lowest BCUT2D eigenvalue weighted by atomic mass is 10.3. The fourth-order valence-corrected chi connectivity index (χ4v) is 3.55. The van der Waals surface area contributed by atoms with E-state index in [2.05, 4.69) is 0 Å². The molecule has 2 rings (SSSR count). The van der Waals surface area contributed by atoms with Crippen LogP contribution in [0.2, 0.25) is 5.02 Å². The summed E-state index contributed by atoms with van der Waals surface area (Å²) in [5.41, 5.74) is 0. The van der Waals surface area contributed by atoms with Crippen molar-refractivity contribution in [3.8, 4) is 0 Å². The SMILES string of the molecule is CCN(CC)C(=O)c1ccc(C[S@@](=O)c2ccccc2Cl)o1. The Morgan fingerprint density at radius 3 is 2.50 bits per heavy atom. The second kappa shape index (κ2) is 7.61. The third-order valence-corrected chi connectivity index (χ3v) is 5.11. The molecular formula is C16H18ClNO3S. The number of hydrogen-bond donors (Lipinski definition) is 0. The molecule has 4 nitrogen and oxygen atoms in total. The minimum atomic E-state index is -1.31. The molecule has 0 radical (unpaired) electrons. The molecule has 1 aromatic carbocycles. The number of furan rings is 1. The van der Waals surface area contributed by atoms with Gasteiger partial charge in [0.2, 0.25) is 0 Å². The van der Waals surface area contributed by atoms with Crippen molar-refractivity contribution in [3.05, 3.63) is 52.9 Å². The zero-order valence-corrected chi connectivity index (χ0v) is 14.1. The molecule has 0 saturated heterocycles. The molecule has 6 heteroatoms. The zero-order valence-electron chi connectivity index (χ0n) is 12.5.